The SMILES string of the molecule is Cn1ccnc1C(=O)N1CCCC(c2nccnc2Oc2ccc(F)cc2)C1. The number of rotatable bonds is 4. The van der Waals surface area contributed by atoms with Gasteiger partial charge in [0, 0.05) is 50.8 Å². The number of aromatic nitrogens is 4. The number of ether oxygens (including phenoxy) is 1. The van der Waals surface area contributed by atoms with Crippen molar-refractivity contribution in [3.8, 4) is 11.6 Å². The van der Waals surface area contributed by atoms with Gasteiger partial charge in [-0.25, -0.2) is 14.4 Å². The fourth-order valence-electron chi connectivity index (χ4n) is 3.41. The monoisotopic (exact) mass is 381 g/mol. The fraction of sp³-hybridized carbons (Fsp3) is 0.300. The summed E-state index contributed by atoms with van der Waals surface area (Å²) in [5.74, 6) is 0.861. The maximum absolute atomic E-state index is 13.1. The average Bonchev–Trinajstić information content (AvgIpc) is 3.15. The predicted molar refractivity (Wildman–Crippen MR) is 99.6 cm³/mol. The molecule has 3 heterocycles. The summed E-state index contributed by atoms with van der Waals surface area (Å²) in [5.41, 5.74) is 0.698. The van der Waals surface area contributed by atoms with Crippen LogP contribution in [0.25, 0.3) is 0 Å². The number of hydrogen-bond acceptors (Lipinski definition) is 5. The molecule has 8 heteroatoms. The third kappa shape index (κ3) is 3.71. The van der Waals surface area contributed by atoms with Crippen LogP contribution in [0.15, 0.2) is 49.1 Å². The second kappa shape index (κ2) is 7.75. The van der Waals surface area contributed by atoms with Gasteiger partial charge in [0.2, 0.25) is 5.88 Å². The topological polar surface area (TPSA) is 73.1 Å². The normalized spacial score (nSPS) is 16.8. The molecule has 1 fully saturated rings. The molecule has 1 amide bonds. The van der Waals surface area contributed by atoms with Crippen molar-refractivity contribution in [2.75, 3.05) is 13.1 Å². The summed E-state index contributed by atoms with van der Waals surface area (Å²) < 4.78 is 20.7. The molecule has 0 aliphatic carbocycles. The minimum atomic E-state index is -0.331. The van der Waals surface area contributed by atoms with Crippen LogP contribution in [-0.2, 0) is 7.05 Å². The molecule has 1 aliphatic rings. The van der Waals surface area contributed by atoms with Crippen molar-refractivity contribution in [1.29, 1.82) is 0 Å². The van der Waals surface area contributed by atoms with Gasteiger partial charge in [-0.3, -0.25) is 9.78 Å². The van der Waals surface area contributed by atoms with Crippen molar-refractivity contribution in [1.82, 2.24) is 24.4 Å². The van der Waals surface area contributed by atoms with Crippen molar-refractivity contribution in [2.24, 2.45) is 7.05 Å². The Hall–Kier alpha value is -3.29. The van der Waals surface area contributed by atoms with Crippen LogP contribution in [0.1, 0.15) is 35.1 Å². The van der Waals surface area contributed by atoms with E-state index < -0.39 is 0 Å². The van der Waals surface area contributed by atoms with E-state index in [1.165, 1.54) is 12.1 Å². The lowest BCUT2D eigenvalue weighted by Gasteiger charge is -2.32. The number of hydrogen-bond donors (Lipinski definition) is 0. The van der Waals surface area contributed by atoms with E-state index in [9.17, 15) is 9.18 Å². The number of aryl methyl sites for hydroxylation is 1. The van der Waals surface area contributed by atoms with Crippen molar-refractivity contribution in [3.63, 3.8) is 0 Å². The van der Waals surface area contributed by atoms with Gasteiger partial charge in [0.25, 0.3) is 5.91 Å². The van der Waals surface area contributed by atoms with Gasteiger partial charge < -0.3 is 14.2 Å². The molecule has 0 saturated carbocycles. The summed E-state index contributed by atoms with van der Waals surface area (Å²) in [5, 5.41) is 0. The molecule has 1 aromatic carbocycles. The maximum Gasteiger partial charge on any atom is 0.289 e. The zero-order valence-electron chi connectivity index (χ0n) is 15.5. The molecule has 0 spiro atoms. The van der Waals surface area contributed by atoms with E-state index in [-0.39, 0.29) is 17.6 Å². The molecule has 1 aliphatic heterocycles. The molecule has 28 heavy (non-hydrogen) atoms. The van der Waals surface area contributed by atoms with Crippen LogP contribution in [-0.4, -0.2) is 43.4 Å². The van der Waals surface area contributed by atoms with Crippen LogP contribution in [0, 0.1) is 5.82 Å². The molecule has 4 rings (SSSR count). The molecule has 1 saturated heterocycles. The van der Waals surface area contributed by atoms with Crippen LogP contribution >= 0.6 is 0 Å². The van der Waals surface area contributed by atoms with Crippen molar-refractivity contribution in [3.05, 3.63) is 66.4 Å². The second-order valence-electron chi connectivity index (χ2n) is 6.75. The first-order valence-electron chi connectivity index (χ1n) is 9.13. The van der Waals surface area contributed by atoms with Gasteiger partial charge in [0.1, 0.15) is 17.3 Å². The molecular weight excluding hydrogens is 361 g/mol. The number of benzene rings is 1. The highest BCUT2D eigenvalue weighted by Crippen LogP contribution is 2.33. The zero-order chi connectivity index (χ0) is 19.5. The summed E-state index contributed by atoms with van der Waals surface area (Å²) >= 11 is 0. The Morgan fingerprint density at radius 1 is 1.14 bits per heavy atom. The van der Waals surface area contributed by atoms with E-state index in [2.05, 4.69) is 15.0 Å². The standard InChI is InChI=1S/C20H20FN5O2/c1-25-12-10-23-18(25)20(27)26-11-2-3-14(13-26)17-19(24-9-8-22-17)28-16-6-4-15(21)5-7-16/h4-10,12,14H,2-3,11,13H2,1H3. The van der Waals surface area contributed by atoms with E-state index in [4.69, 9.17) is 4.74 Å². The third-order valence-electron chi connectivity index (χ3n) is 4.83. The van der Waals surface area contributed by atoms with E-state index >= 15 is 0 Å². The van der Waals surface area contributed by atoms with Gasteiger partial charge in [0.05, 0.1) is 0 Å². The number of carbonyl (C=O) groups is 1. The molecule has 1 unspecified atom stereocenters. The molecule has 7 nitrogen and oxygen atoms in total. The highest BCUT2D eigenvalue weighted by molar-refractivity contribution is 5.90. The molecule has 0 radical (unpaired) electrons. The first kappa shape index (κ1) is 18.1. The van der Waals surface area contributed by atoms with Crippen LogP contribution in [0.5, 0.6) is 11.6 Å². The highest BCUT2D eigenvalue weighted by atomic mass is 19.1. The third-order valence-corrected chi connectivity index (χ3v) is 4.83. The largest absolute Gasteiger partial charge is 0.437 e. The predicted octanol–water partition coefficient (Wildman–Crippen LogP) is 3.16. The lowest BCUT2D eigenvalue weighted by Crippen LogP contribution is -2.40. The first-order valence-corrected chi connectivity index (χ1v) is 9.13. The summed E-state index contributed by atoms with van der Waals surface area (Å²) in [6.45, 7) is 1.20. The minimum absolute atomic E-state index is 0.00196. The fourth-order valence-corrected chi connectivity index (χ4v) is 3.41. The number of halogens is 1. The quantitative estimate of drug-likeness (QED) is 0.694. The van der Waals surface area contributed by atoms with Crippen molar-refractivity contribution >= 4 is 5.91 Å². The minimum Gasteiger partial charge on any atom is -0.437 e. The Labute approximate surface area is 161 Å². The van der Waals surface area contributed by atoms with Gasteiger partial charge in [0.15, 0.2) is 5.82 Å². The van der Waals surface area contributed by atoms with Gasteiger partial charge in [-0.2, -0.15) is 0 Å². The van der Waals surface area contributed by atoms with Crippen LogP contribution in [0.3, 0.4) is 0 Å². The van der Waals surface area contributed by atoms with Gasteiger partial charge in [-0.05, 0) is 37.1 Å². The summed E-state index contributed by atoms with van der Waals surface area (Å²) in [7, 11) is 1.80. The molecule has 0 N–H and O–H groups in total. The zero-order valence-corrected chi connectivity index (χ0v) is 15.5. The summed E-state index contributed by atoms with van der Waals surface area (Å²) in [4.78, 5) is 27.5. The Bertz CT molecular complexity index is 973. The lowest BCUT2D eigenvalue weighted by molar-refractivity contribution is 0.0688. The van der Waals surface area contributed by atoms with Gasteiger partial charge in [-0.1, -0.05) is 0 Å². The van der Waals surface area contributed by atoms with Crippen molar-refractivity contribution < 1.29 is 13.9 Å². The molecule has 3 aromatic rings. The molecule has 0 bridgehead atoms. The van der Waals surface area contributed by atoms with E-state index in [0.29, 0.717) is 36.2 Å². The van der Waals surface area contributed by atoms with Crippen LogP contribution in [0.4, 0.5) is 4.39 Å². The molecule has 1 atom stereocenters. The molecule has 144 valence electrons. The van der Waals surface area contributed by atoms with Crippen molar-refractivity contribution in [2.45, 2.75) is 18.8 Å². The summed E-state index contributed by atoms with van der Waals surface area (Å²) in [6, 6.07) is 5.76. The number of carbonyl (C=O) groups excluding carboxylic acids is 1. The number of imidazole rings is 1. The maximum atomic E-state index is 13.1. The molecular formula is C20H20FN5O2. The summed E-state index contributed by atoms with van der Waals surface area (Å²) in [6.07, 6.45) is 8.28. The van der Waals surface area contributed by atoms with Gasteiger partial charge in [-0.15, -0.1) is 0 Å². The lowest BCUT2D eigenvalue weighted by atomic mass is 9.94. The smallest absolute Gasteiger partial charge is 0.289 e. The Morgan fingerprint density at radius 2 is 1.93 bits per heavy atom. The average molecular weight is 381 g/mol. The molecule has 2 aromatic heterocycles. The Kier molecular flexibility index (Phi) is 5.01. The Morgan fingerprint density at radius 3 is 2.68 bits per heavy atom. The number of piperidine rings is 1. The van der Waals surface area contributed by atoms with Crippen LogP contribution in [0.2, 0.25) is 0 Å². The van der Waals surface area contributed by atoms with E-state index in [1.807, 2.05) is 0 Å². The first-order chi connectivity index (χ1) is 13.6. The number of nitrogens with zero attached hydrogens (tertiary/aromatic N) is 5. The highest BCUT2D eigenvalue weighted by Gasteiger charge is 2.30. The Balaban J connectivity index is 1.54. The second-order valence-corrected chi connectivity index (χ2v) is 6.75. The van der Waals surface area contributed by atoms with E-state index in [0.717, 1.165) is 12.8 Å². The van der Waals surface area contributed by atoms with Crippen LogP contribution < -0.4 is 4.74 Å². The number of amides is 1. The van der Waals surface area contributed by atoms with E-state index in [1.54, 1.807) is 53.4 Å². The number of likely N-dealkylation sites (tertiary alicyclic amines) is 1. The van der Waals surface area contributed by atoms with Gasteiger partial charge >= 0.3 is 0 Å².